The molecular weight excluding hydrogens is 210 g/mol. The molecule has 0 bridgehead atoms. The zero-order chi connectivity index (χ0) is 12.0. The molecule has 1 rings (SSSR count). The molecule has 92 valence electrons. The molecule has 1 saturated heterocycles. The zero-order valence-electron chi connectivity index (χ0n) is 9.65. The number of carboxylic acid groups (broad SMARTS) is 1. The van der Waals surface area contributed by atoms with Gasteiger partial charge in [-0.15, -0.1) is 0 Å². The number of hydrogen-bond donors (Lipinski definition) is 1. The number of amides is 1. The Labute approximate surface area is 95.4 Å². The number of carboxylic acids is 1. The van der Waals surface area contributed by atoms with Crippen molar-refractivity contribution >= 4 is 11.9 Å². The molecule has 0 aromatic rings. The molecule has 0 aliphatic carbocycles. The molecule has 5 heteroatoms. The standard InChI is InChI=1S/C11H19NO4/c1-2-3-9-4-5-12(6-9)10(13)7-16-8-11(14)15/h9H,2-8H2,1H3,(H,14,15). The van der Waals surface area contributed by atoms with E-state index in [4.69, 9.17) is 9.84 Å². The Bertz CT molecular complexity index is 254. The summed E-state index contributed by atoms with van der Waals surface area (Å²) in [5, 5.41) is 8.35. The van der Waals surface area contributed by atoms with Crippen LogP contribution in [-0.2, 0) is 14.3 Å². The highest BCUT2D eigenvalue weighted by Gasteiger charge is 2.25. The third-order valence-electron chi connectivity index (χ3n) is 2.79. The summed E-state index contributed by atoms with van der Waals surface area (Å²) < 4.78 is 4.77. The van der Waals surface area contributed by atoms with E-state index in [1.807, 2.05) is 0 Å². The van der Waals surface area contributed by atoms with Crippen LogP contribution in [0.2, 0.25) is 0 Å². The van der Waals surface area contributed by atoms with Crippen molar-refractivity contribution in [2.24, 2.45) is 5.92 Å². The van der Waals surface area contributed by atoms with E-state index in [1.165, 1.54) is 0 Å². The molecule has 1 unspecified atom stereocenters. The maximum absolute atomic E-state index is 11.6. The molecule has 0 spiro atoms. The summed E-state index contributed by atoms with van der Waals surface area (Å²) in [6, 6.07) is 0. The number of rotatable bonds is 6. The number of carbonyl (C=O) groups excluding carboxylic acids is 1. The molecule has 1 heterocycles. The van der Waals surface area contributed by atoms with Gasteiger partial charge in [0.1, 0.15) is 13.2 Å². The van der Waals surface area contributed by atoms with Crippen molar-refractivity contribution in [3.05, 3.63) is 0 Å². The van der Waals surface area contributed by atoms with Crippen molar-refractivity contribution in [2.75, 3.05) is 26.3 Å². The molecule has 5 nitrogen and oxygen atoms in total. The van der Waals surface area contributed by atoms with Crippen LogP contribution >= 0.6 is 0 Å². The Morgan fingerprint density at radius 1 is 1.44 bits per heavy atom. The number of likely N-dealkylation sites (tertiary alicyclic amines) is 1. The third kappa shape index (κ3) is 4.18. The molecule has 1 fully saturated rings. The predicted octanol–water partition coefficient (Wildman–Crippen LogP) is 0.736. The van der Waals surface area contributed by atoms with E-state index in [2.05, 4.69) is 6.92 Å². The molecule has 1 aliphatic rings. The van der Waals surface area contributed by atoms with Gasteiger partial charge in [0.2, 0.25) is 5.91 Å². The van der Waals surface area contributed by atoms with Crippen molar-refractivity contribution in [3.63, 3.8) is 0 Å². The van der Waals surface area contributed by atoms with Crippen LogP contribution in [0.5, 0.6) is 0 Å². The lowest BCUT2D eigenvalue weighted by Gasteiger charge is -2.16. The van der Waals surface area contributed by atoms with Crippen LogP contribution in [0.4, 0.5) is 0 Å². The van der Waals surface area contributed by atoms with Gasteiger partial charge in [0, 0.05) is 13.1 Å². The van der Waals surface area contributed by atoms with E-state index < -0.39 is 12.6 Å². The first kappa shape index (κ1) is 13.0. The van der Waals surface area contributed by atoms with Crippen LogP contribution in [0.15, 0.2) is 0 Å². The van der Waals surface area contributed by atoms with Gasteiger partial charge >= 0.3 is 5.97 Å². The SMILES string of the molecule is CCCC1CCN(C(=O)COCC(=O)O)C1. The second kappa shape index (κ2) is 6.48. The van der Waals surface area contributed by atoms with Crippen LogP contribution in [0.3, 0.4) is 0 Å². The second-order valence-electron chi connectivity index (χ2n) is 4.17. The number of nitrogens with zero attached hydrogens (tertiary/aromatic N) is 1. The molecule has 16 heavy (non-hydrogen) atoms. The fourth-order valence-electron chi connectivity index (χ4n) is 2.02. The van der Waals surface area contributed by atoms with E-state index in [0.717, 1.165) is 32.4 Å². The maximum atomic E-state index is 11.6. The van der Waals surface area contributed by atoms with E-state index in [9.17, 15) is 9.59 Å². The van der Waals surface area contributed by atoms with Gasteiger partial charge in [0.25, 0.3) is 0 Å². The summed E-state index contributed by atoms with van der Waals surface area (Å²) in [5.41, 5.74) is 0. The minimum atomic E-state index is -1.04. The molecule has 0 radical (unpaired) electrons. The highest BCUT2D eigenvalue weighted by atomic mass is 16.5. The average Bonchev–Trinajstić information content (AvgIpc) is 2.66. The van der Waals surface area contributed by atoms with Gasteiger partial charge in [-0.1, -0.05) is 13.3 Å². The summed E-state index contributed by atoms with van der Waals surface area (Å²) in [5.74, 6) is -0.536. The van der Waals surface area contributed by atoms with Crippen LogP contribution < -0.4 is 0 Å². The van der Waals surface area contributed by atoms with E-state index in [1.54, 1.807) is 4.90 Å². The molecule has 1 aliphatic heterocycles. The summed E-state index contributed by atoms with van der Waals surface area (Å²) in [7, 11) is 0. The summed E-state index contributed by atoms with van der Waals surface area (Å²) in [4.78, 5) is 23.5. The van der Waals surface area contributed by atoms with Crippen molar-refractivity contribution in [1.82, 2.24) is 4.90 Å². The van der Waals surface area contributed by atoms with E-state index in [-0.39, 0.29) is 12.5 Å². The van der Waals surface area contributed by atoms with Crippen LogP contribution in [-0.4, -0.2) is 48.2 Å². The van der Waals surface area contributed by atoms with Gasteiger partial charge in [0.05, 0.1) is 0 Å². The van der Waals surface area contributed by atoms with Gasteiger partial charge < -0.3 is 14.7 Å². The molecule has 0 saturated carbocycles. The maximum Gasteiger partial charge on any atom is 0.329 e. The normalized spacial score (nSPS) is 20.1. The quantitative estimate of drug-likeness (QED) is 0.729. The van der Waals surface area contributed by atoms with E-state index in [0.29, 0.717) is 5.92 Å². The number of aliphatic carboxylic acids is 1. The second-order valence-corrected chi connectivity index (χ2v) is 4.17. The highest BCUT2D eigenvalue weighted by Crippen LogP contribution is 2.20. The molecule has 1 atom stereocenters. The van der Waals surface area contributed by atoms with Crippen molar-refractivity contribution in [3.8, 4) is 0 Å². The first-order valence-corrected chi connectivity index (χ1v) is 5.70. The molecule has 1 N–H and O–H groups in total. The smallest absolute Gasteiger partial charge is 0.329 e. The Morgan fingerprint density at radius 3 is 2.81 bits per heavy atom. The molecule has 0 aromatic heterocycles. The van der Waals surface area contributed by atoms with Gasteiger partial charge in [0.15, 0.2) is 0 Å². The van der Waals surface area contributed by atoms with Gasteiger partial charge in [-0.05, 0) is 18.8 Å². The fourth-order valence-corrected chi connectivity index (χ4v) is 2.02. The summed E-state index contributed by atoms with van der Waals surface area (Å²) >= 11 is 0. The monoisotopic (exact) mass is 229 g/mol. The van der Waals surface area contributed by atoms with Gasteiger partial charge in [-0.2, -0.15) is 0 Å². The number of ether oxygens (including phenoxy) is 1. The Kier molecular flexibility index (Phi) is 5.25. The topological polar surface area (TPSA) is 66.8 Å². The molecule has 1 amide bonds. The Balaban J connectivity index is 2.20. The molecular formula is C11H19NO4. The average molecular weight is 229 g/mol. The highest BCUT2D eigenvalue weighted by molar-refractivity contribution is 5.78. The molecule has 0 aromatic carbocycles. The van der Waals surface area contributed by atoms with Crippen LogP contribution in [0.1, 0.15) is 26.2 Å². The van der Waals surface area contributed by atoms with Crippen LogP contribution in [0, 0.1) is 5.92 Å². The predicted molar refractivity (Wildman–Crippen MR) is 58.0 cm³/mol. The minimum Gasteiger partial charge on any atom is -0.480 e. The lowest BCUT2D eigenvalue weighted by molar-refractivity contribution is -0.145. The summed E-state index contributed by atoms with van der Waals surface area (Å²) in [6.07, 6.45) is 3.35. The fraction of sp³-hybridized carbons (Fsp3) is 0.818. The third-order valence-corrected chi connectivity index (χ3v) is 2.79. The number of hydrogen-bond acceptors (Lipinski definition) is 3. The minimum absolute atomic E-state index is 0.0974. The lowest BCUT2D eigenvalue weighted by Crippen LogP contribution is -2.32. The Hall–Kier alpha value is -1.10. The van der Waals surface area contributed by atoms with Crippen molar-refractivity contribution in [1.29, 1.82) is 0 Å². The van der Waals surface area contributed by atoms with Gasteiger partial charge in [-0.3, -0.25) is 4.79 Å². The number of carbonyl (C=O) groups is 2. The van der Waals surface area contributed by atoms with E-state index >= 15 is 0 Å². The van der Waals surface area contributed by atoms with Crippen molar-refractivity contribution < 1.29 is 19.4 Å². The first-order valence-electron chi connectivity index (χ1n) is 5.70. The van der Waals surface area contributed by atoms with Crippen molar-refractivity contribution in [2.45, 2.75) is 26.2 Å². The Morgan fingerprint density at radius 2 is 2.19 bits per heavy atom. The zero-order valence-corrected chi connectivity index (χ0v) is 9.65. The van der Waals surface area contributed by atoms with Gasteiger partial charge in [-0.25, -0.2) is 4.79 Å². The largest absolute Gasteiger partial charge is 0.480 e. The lowest BCUT2D eigenvalue weighted by atomic mass is 10.0. The van der Waals surface area contributed by atoms with Crippen LogP contribution in [0.25, 0.3) is 0 Å². The first-order chi connectivity index (χ1) is 7.63. The summed E-state index contributed by atoms with van der Waals surface area (Å²) in [6.45, 7) is 3.19.